The third kappa shape index (κ3) is 3.78. The molecule has 1 unspecified atom stereocenters. The van der Waals surface area contributed by atoms with Gasteiger partial charge in [-0.3, -0.25) is 0 Å². The lowest BCUT2D eigenvalue weighted by Crippen LogP contribution is -2.26. The maximum atomic E-state index is 11.8. The lowest BCUT2D eigenvalue weighted by molar-refractivity contribution is 0.116. The summed E-state index contributed by atoms with van der Waals surface area (Å²) in [6.45, 7) is 0. The number of hydrogen-bond donors (Lipinski definition) is 0. The molecule has 3 aliphatic carbocycles. The molecule has 0 amide bonds. The Bertz CT molecular complexity index is 1030. The minimum atomic E-state index is -3.19. The predicted molar refractivity (Wildman–Crippen MR) is 124 cm³/mol. The molecule has 150 valence electrons. The van der Waals surface area contributed by atoms with Crippen molar-refractivity contribution in [3.63, 3.8) is 0 Å². The van der Waals surface area contributed by atoms with Crippen molar-refractivity contribution in [3.05, 3.63) is 56.0 Å². The number of sulfone groups is 1. The minimum absolute atomic E-state index is 0.363. The molecule has 28 heavy (non-hydrogen) atoms. The van der Waals surface area contributed by atoms with Gasteiger partial charge in [0, 0.05) is 28.8 Å². The molecule has 3 nitrogen and oxygen atoms in total. The zero-order valence-electron chi connectivity index (χ0n) is 15.7. The summed E-state index contributed by atoms with van der Waals surface area (Å²) < 4.78 is 30.8. The van der Waals surface area contributed by atoms with E-state index in [2.05, 4.69) is 53.9 Å². The van der Waals surface area contributed by atoms with E-state index in [1.54, 1.807) is 19.2 Å². The van der Waals surface area contributed by atoms with Crippen LogP contribution in [0.4, 0.5) is 0 Å². The highest BCUT2D eigenvalue weighted by atomic mass is 79.9. The van der Waals surface area contributed by atoms with Gasteiger partial charge in [0.15, 0.2) is 14.3 Å². The molecule has 3 aliphatic rings. The van der Waals surface area contributed by atoms with Crippen molar-refractivity contribution in [2.24, 2.45) is 5.41 Å². The normalized spacial score (nSPS) is 26.8. The molecular formula is C21H21Br3O3S. The lowest BCUT2D eigenvalue weighted by atomic mass is 9.92. The van der Waals surface area contributed by atoms with Crippen molar-refractivity contribution in [1.82, 2.24) is 0 Å². The molecule has 0 saturated heterocycles. The molecule has 0 bridgehead atoms. The first kappa shape index (κ1) is 21.0. The van der Waals surface area contributed by atoms with Gasteiger partial charge in [-0.05, 0) is 87.5 Å². The van der Waals surface area contributed by atoms with Crippen LogP contribution in [0, 0.1) is 5.41 Å². The van der Waals surface area contributed by atoms with Crippen molar-refractivity contribution in [2.75, 3.05) is 13.4 Å². The standard InChI is InChI=1S/C21H21Br3O3S/c1-27-21(24)12-18(22)15(9-19(21)23)17-11-20(7-8-20)10-16(17)13-3-5-14(6-4-13)28(2,25)26/h3-6,9H,7-8,10-12H2,1-2H3. The van der Waals surface area contributed by atoms with Crippen LogP contribution in [-0.2, 0) is 14.6 Å². The van der Waals surface area contributed by atoms with Gasteiger partial charge < -0.3 is 4.74 Å². The van der Waals surface area contributed by atoms with Crippen LogP contribution >= 0.6 is 47.8 Å². The third-order valence-electron chi connectivity index (χ3n) is 6.01. The van der Waals surface area contributed by atoms with Gasteiger partial charge in [-0.1, -0.05) is 44.0 Å². The van der Waals surface area contributed by atoms with E-state index in [9.17, 15) is 8.42 Å². The van der Waals surface area contributed by atoms with E-state index in [1.165, 1.54) is 35.8 Å². The number of methoxy groups -OCH3 is 1. The highest BCUT2D eigenvalue weighted by Crippen LogP contribution is 2.63. The van der Waals surface area contributed by atoms with Crippen molar-refractivity contribution in [2.45, 2.75) is 41.5 Å². The molecule has 0 radical (unpaired) electrons. The quantitative estimate of drug-likeness (QED) is 0.376. The summed E-state index contributed by atoms with van der Waals surface area (Å²) >= 11 is 11.2. The number of ether oxygens (including phenoxy) is 1. The Balaban J connectivity index is 1.78. The Morgan fingerprint density at radius 2 is 1.61 bits per heavy atom. The molecule has 0 aliphatic heterocycles. The van der Waals surface area contributed by atoms with E-state index in [4.69, 9.17) is 4.74 Å². The molecule has 1 spiro atoms. The van der Waals surface area contributed by atoms with E-state index in [0.717, 1.165) is 27.4 Å². The Labute approximate surface area is 191 Å². The van der Waals surface area contributed by atoms with E-state index >= 15 is 0 Å². The smallest absolute Gasteiger partial charge is 0.175 e. The molecule has 1 saturated carbocycles. The first-order chi connectivity index (χ1) is 13.1. The Kier molecular flexibility index (Phi) is 5.40. The SMILES string of the molecule is COC1(Br)CC(Br)=C(C2=C(c3ccc(S(C)(=O)=O)cc3)CC3(CC3)C2)C=C1Br. The van der Waals surface area contributed by atoms with Crippen LogP contribution in [0.3, 0.4) is 0 Å². The summed E-state index contributed by atoms with van der Waals surface area (Å²) in [6.07, 6.45) is 8.74. The number of benzene rings is 1. The van der Waals surface area contributed by atoms with Crippen LogP contribution in [-0.4, -0.2) is 26.3 Å². The summed E-state index contributed by atoms with van der Waals surface area (Å²) in [5.74, 6) is 0. The molecule has 1 aromatic rings. The van der Waals surface area contributed by atoms with Gasteiger partial charge in [0.2, 0.25) is 0 Å². The molecule has 1 atom stereocenters. The van der Waals surface area contributed by atoms with Crippen LogP contribution in [0.25, 0.3) is 5.57 Å². The van der Waals surface area contributed by atoms with E-state index in [1.807, 2.05) is 12.1 Å². The first-order valence-electron chi connectivity index (χ1n) is 9.10. The molecule has 0 N–H and O–H groups in total. The fraction of sp³-hybridized carbons (Fsp3) is 0.429. The minimum Gasteiger partial charge on any atom is -0.362 e. The fourth-order valence-corrected chi connectivity index (χ4v) is 6.79. The topological polar surface area (TPSA) is 43.4 Å². The lowest BCUT2D eigenvalue weighted by Gasteiger charge is -2.31. The van der Waals surface area contributed by atoms with E-state index in [0.29, 0.717) is 16.7 Å². The van der Waals surface area contributed by atoms with Gasteiger partial charge in [0.25, 0.3) is 0 Å². The molecule has 0 heterocycles. The molecule has 0 aromatic heterocycles. The number of allylic oxidation sites excluding steroid dienone is 4. The first-order valence-corrected chi connectivity index (χ1v) is 13.4. The van der Waals surface area contributed by atoms with Crippen LogP contribution in [0.15, 0.2) is 55.3 Å². The number of alkyl halides is 1. The van der Waals surface area contributed by atoms with Crippen molar-refractivity contribution in [3.8, 4) is 0 Å². The summed E-state index contributed by atoms with van der Waals surface area (Å²) in [6, 6.07) is 7.34. The van der Waals surface area contributed by atoms with Gasteiger partial charge in [-0.2, -0.15) is 0 Å². The highest BCUT2D eigenvalue weighted by Gasteiger charge is 2.49. The molecule has 4 rings (SSSR count). The maximum absolute atomic E-state index is 11.8. The van der Waals surface area contributed by atoms with Crippen LogP contribution in [0.1, 0.15) is 37.7 Å². The van der Waals surface area contributed by atoms with Gasteiger partial charge >= 0.3 is 0 Å². The third-order valence-corrected chi connectivity index (χ3v) is 10.3. The summed E-state index contributed by atoms with van der Waals surface area (Å²) in [5.41, 5.74) is 5.42. The van der Waals surface area contributed by atoms with Crippen LogP contribution < -0.4 is 0 Å². The molecule has 7 heteroatoms. The average Bonchev–Trinajstić information content (AvgIpc) is 3.29. The van der Waals surface area contributed by atoms with Crippen LogP contribution in [0.2, 0.25) is 0 Å². The van der Waals surface area contributed by atoms with Crippen molar-refractivity contribution in [1.29, 1.82) is 0 Å². The zero-order chi connectivity index (χ0) is 20.3. The molecular weight excluding hydrogens is 572 g/mol. The van der Waals surface area contributed by atoms with Crippen LogP contribution in [0.5, 0.6) is 0 Å². The van der Waals surface area contributed by atoms with Gasteiger partial charge in [-0.15, -0.1) is 0 Å². The van der Waals surface area contributed by atoms with E-state index in [-0.39, 0.29) is 0 Å². The number of halogens is 3. The Morgan fingerprint density at radius 3 is 2.14 bits per heavy atom. The second-order valence-electron chi connectivity index (χ2n) is 8.03. The maximum Gasteiger partial charge on any atom is 0.175 e. The summed E-state index contributed by atoms with van der Waals surface area (Å²) in [7, 11) is -1.49. The Hall–Kier alpha value is -0.210. The number of hydrogen-bond acceptors (Lipinski definition) is 3. The van der Waals surface area contributed by atoms with E-state index < -0.39 is 14.3 Å². The molecule has 1 fully saturated rings. The predicted octanol–water partition coefficient (Wildman–Crippen LogP) is 6.49. The summed E-state index contributed by atoms with van der Waals surface area (Å²) in [5, 5.41) is 0. The zero-order valence-corrected chi connectivity index (χ0v) is 21.3. The summed E-state index contributed by atoms with van der Waals surface area (Å²) in [4.78, 5) is 0.363. The molecule has 1 aromatic carbocycles. The van der Waals surface area contributed by atoms with Crippen molar-refractivity contribution >= 4 is 63.2 Å². The van der Waals surface area contributed by atoms with Crippen molar-refractivity contribution < 1.29 is 13.2 Å². The average molecular weight is 593 g/mol. The highest BCUT2D eigenvalue weighted by molar-refractivity contribution is 9.14. The fourth-order valence-electron chi connectivity index (χ4n) is 4.11. The second kappa shape index (κ2) is 7.19. The second-order valence-corrected chi connectivity index (χ2v) is 13.1. The van der Waals surface area contributed by atoms with Gasteiger partial charge in [0.05, 0.1) is 4.90 Å². The number of rotatable bonds is 4. The van der Waals surface area contributed by atoms with Gasteiger partial charge in [0.1, 0.15) is 0 Å². The largest absolute Gasteiger partial charge is 0.362 e. The Morgan fingerprint density at radius 1 is 1.00 bits per heavy atom. The monoisotopic (exact) mass is 590 g/mol. The van der Waals surface area contributed by atoms with Gasteiger partial charge in [-0.25, -0.2) is 8.42 Å².